The first-order valence-corrected chi connectivity index (χ1v) is 9.69. The van der Waals surface area contributed by atoms with E-state index in [1.165, 1.54) is 14.0 Å². The summed E-state index contributed by atoms with van der Waals surface area (Å²) in [6.45, 7) is 2.33. The van der Waals surface area contributed by atoms with Crippen LogP contribution in [0.5, 0.6) is 5.88 Å². The zero-order valence-corrected chi connectivity index (χ0v) is 15.4. The zero-order valence-electron chi connectivity index (χ0n) is 14.6. The third-order valence-corrected chi connectivity index (χ3v) is 4.42. The van der Waals surface area contributed by atoms with Crippen molar-refractivity contribution in [2.24, 2.45) is 0 Å². The number of methoxy groups -OCH3 is 1. The summed E-state index contributed by atoms with van der Waals surface area (Å²) in [5.74, 6) is -0.00529. The first-order valence-electron chi connectivity index (χ1n) is 7.80. The summed E-state index contributed by atoms with van der Waals surface area (Å²) < 4.78 is 36.2. The lowest BCUT2D eigenvalue weighted by molar-refractivity contribution is -0.114. The van der Waals surface area contributed by atoms with Crippen LogP contribution in [0.1, 0.15) is 18.1 Å². The van der Waals surface area contributed by atoms with Gasteiger partial charge in [0.15, 0.2) is 0 Å². The zero-order chi connectivity index (χ0) is 18.9. The lowest BCUT2D eigenvalue weighted by atomic mass is 9.99. The smallest absolute Gasteiger partial charge is 0.238 e. The normalized spacial score (nSPS) is 13.2. The lowest BCUT2D eigenvalue weighted by Gasteiger charge is -2.14. The van der Waals surface area contributed by atoms with E-state index in [1.807, 2.05) is 12.1 Å². The average Bonchev–Trinajstić information content (AvgIpc) is 3.01. The Balaban J connectivity index is 2.09. The fraction of sp³-hybridized carbons (Fsp3) is 0.294. The molecule has 3 rings (SSSR count). The van der Waals surface area contributed by atoms with E-state index in [0.29, 0.717) is 24.5 Å². The van der Waals surface area contributed by atoms with Crippen molar-refractivity contribution in [2.45, 2.75) is 20.1 Å². The Bertz CT molecular complexity index is 973. The molecule has 0 unspecified atom stereocenters. The number of nitrogens with one attached hydrogen (secondary N) is 2. The second-order valence-electron chi connectivity index (χ2n) is 5.99. The Kier molecular flexibility index (Phi) is 4.84. The number of aromatic nitrogens is 1. The Hall–Kier alpha value is -2.65. The van der Waals surface area contributed by atoms with Crippen LogP contribution in [-0.2, 0) is 32.8 Å². The average molecular weight is 377 g/mol. The molecule has 0 aliphatic carbocycles. The van der Waals surface area contributed by atoms with Crippen LogP contribution < -0.4 is 14.8 Å². The molecular weight excluding hydrogens is 358 g/mol. The van der Waals surface area contributed by atoms with E-state index in [9.17, 15) is 13.2 Å². The van der Waals surface area contributed by atoms with Crippen LogP contribution in [-0.4, -0.2) is 32.7 Å². The maximum Gasteiger partial charge on any atom is 0.238 e. The maximum atomic E-state index is 11.6. The van der Waals surface area contributed by atoms with Crippen molar-refractivity contribution in [2.75, 3.05) is 23.4 Å². The quantitative estimate of drug-likeness (QED) is 0.827. The number of hydrogen-bond donors (Lipinski definition) is 2. The third-order valence-electron chi connectivity index (χ3n) is 3.83. The van der Waals surface area contributed by atoms with Crippen LogP contribution in [0.15, 0.2) is 24.4 Å². The van der Waals surface area contributed by atoms with E-state index >= 15 is 0 Å². The number of benzene rings is 1. The molecule has 138 valence electrons. The summed E-state index contributed by atoms with van der Waals surface area (Å²) in [6, 6.07) is 5.41. The molecule has 9 heteroatoms. The van der Waals surface area contributed by atoms with E-state index in [0.717, 1.165) is 22.9 Å². The van der Waals surface area contributed by atoms with E-state index in [-0.39, 0.29) is 17.5 Å². The van der Waals surface area contributed by atoms with Gasteiger partial charge in [-0.05, 0) is 29.3 Å². The molecule has 1 aromatic carbocycles. The summed E-state index contributed by atoms with van der Waals surface area (Å²) in [6.07, 6.45) is 2.64. The number of ether oxygens (including phenoxy) is 2. The van der Waals surface area contributed by atoms with Gasteiger partial charge >= 0.3 is 0 Å². The van der Waals surface area contributed by atoms with Crippen LogP contribution in [0.4, 0.5) is 11.4 Å². The number of rotatable bonds is 5. The van der Waals surface area contributed by atoms with Crippen molar-refractivity contribution in [3.05, 3.63) is 35.5 Å². The van der Waals surface area contributed by atoms with Crippen molar-refractivity contribution in [1.29, 1.82) is 0 Å². The number of nitrogens with zero attached hydrogens (tertiary/aromatic N) is 1. The van der Waals surface area contributed by atoms with Gasteiger partial charge in [0, 0.05) is 29.9 Å². The third kappa shape index (κ3) is 3.94. The first-order chi connectivity index (χ1) is 12.3. The van der Waals surface area contributed by atoms with Gasteiger partial charge < -0.3 is 14.8 Å². The number of carbonyl (C=O) groups is 1. The summed E-state index contributed by atoms with van der Waals surface area (Å²) in [4.78, 5) is 15.7. The highest BCUT2D eigenvalue weighted by Crippen LogP contribution is 2.35. The van der Waals surface area contributed by atoms with Gasteiger partial charge in [-0.3, -0.25) is 9.52 Å². The summed E-state index contributed by atoms with van der Waals surface area (Å²) >= 11 is 0. The lowest BCUT2D eigenvalue weighted by Crippen LogP contribution is -2.11. The second-order valence-corrected chi connectivity index (χ2v) is 7.74. The number of anilines is 2. The summed E-state index contributed by atoms with van der Waals surface area (Å²) in [5.41, 5.74) is 4.30. The van der Waals surface area contributed by atoms with E-state index in [1.54, 1.807) is 12.3 Å². The Morgan fingerprint density at radius 1 is 1.19 bits per heavy atom. The number of pyridine rings is 1. The molecular formula is C17H19N3O5S. The van der Waals surface area contributed by atoms with Gasteiger partial charge in [0.25, 0.3) is 0 Å². The molecule has 1 aromatic heterocycles. The predicted octanol–water partition coefficient (Wildman–Crippen LogP) is 2.12. The molecule has 2 N–H and O–H groups in total. The summed E-state index contributed by atoms with van der Waals surface area (Å²) in [7, 11) is -2.08. The molecule has 1 aliphatic rings. The fourth-order valence-electron chi connectivity index (χ4n) is 2.81. The molecule has 0 fully saturated rings. The van der Waals surface area contributed by atoms with E-state index in [2.05, 4.69) is 15.0 Å². The van der Waals surface area contributed by atoms with Crippen LogP contribution in [0, 0.1) is 0 Å². The monoisotopic (exact) mass is 377 g/mol. The van der Waals surface area contributed by atoms with E-state index < -0.39 is 10.0 Å². The molecule has 0 saturated carbocycles. The van der Waals surface area contributed by atoms with Crippen molar-refractivity contribution in [1.82, 2.24) is 4.98 Å². The number of sulfonamides is 1. The molecule has 0 saturated heterocycles. The molecule has 0 atom stereocenters. The molecule has 0 radical (unpaired) electrons. The van der Waals surface area contributed by atoms with Gasteiger partial charge in [-0.2, -0.15) is 0 Å². The van der Waals surface area contributed by atoms with Crippen molar-refractivity contribution < 1.29 is 22.7 Å². The molecule has 2 heterocycles. The SMILES string of the molecule is COc1ncc(-c2cc3c(c(NC(C)=O)c2)COC3)cc1NS(C)(=O)=O. The topological polar surface area (TPSA) is 107 Å². The summed E-state index contributed by atoms with van der Waals surface area (Å²) in [5, 5.41) is 2.82. The molecule has 1 aliphatic heterocycles. The van der Waals surface area contributed by atoms with Gasteiger partial charge in [0.2, 0.25) is 21.8 Å². The Labute approximate surface area is 151 Å². The van der Waals surface area contributed by atoms with E-state index in [4.69, 9.17) is 9.47 Å². The van der Waals surface area contributed by atoms with Gasteiger partial charge in [-0.15, -0.1) is 0 Å². The van der Waals surface area contributed by atoms with Crippen LogP contribution in [0.2, 0.25) is 0 Å². The molecule has 0 bridgehead atoms. The maximum absolute atomic E-state index is 11.6. The van der Waals surface area contributed by atoms with Gasteiger partial charge in [-0.25, -0.2) is 13.4 Å². The molecule has 26 heavy (non-hydrogen) atoms. The van der Waals surface area contributed by atoms with Gasteiger partial charge in [0.1, 0.15) is 5.69 Å². The van der Waals surface area contributed by atoms with Crippen LogP contribution in [0.25, 0.3) is 11.1 Å². The highest BCUT2D eigenvalue weighted by Gasteiger charge is 2.19. The number of amides is 1. The van der Waals surface area contributed by atoms with Gasteiger partial charge in [0.05, 0.1) is 26.6 Å². The molecule has 0 spiro atoms. The molecule has 1 amide bonds. The van der Waals surface area contributed by atoms with Gasteiger partial charge in [-0.1, -0.05) is 0 Å². The predicted molar refractivity (Wildman–Crippen MR) is 97.5 cm³/mol. The Morgan fingerprint density at radius 3 is 2.58 bits per heavy atom. The van der Waals surface area contributed by atoms with Crippen LogP contribution >= 0.6 is 0 Å². The highest BCUT2D eigenvalue weighted by atomic mass is 32.2. The fourth-order valence-corrected chi connectivity index (χ4v) is 3.35. The largest absolute Gasteiger partial charge is 0.480 e. The standard InChI is InChI=1S/C17H19N3O5S/c1-10(21)19-15-5-11(4-13-8-25-9-14(13)15)12-6-16(20-26(3,22)23)17(24-2)18-7-12/h4-7,20H,8-9H2,1-3H3,(H,19,21). The van der Waals surface area contributed by atoms with Crippen LogP contribution in [0.3, 0.4) is 0 Å². The molecule has 2 aromatic rings. The number of hydrogen-bond acceptors (Lipinski definition) is 6. The first kappa shape index (κ1) is 18.2. The number of fused-ring (bicyclic) bond motifs is 1. The molecule has 8 nitrogen and oxygen atoms in total. The Morgan fingerprint density at radius 2 is 1.92 bits per heavy atom. The minimum absolute atomic E-state index is 0.172. The minimum Gasteiger partial charge on any atom is -0.480 e. The van der Waals surface area contributed by atoms with Crippen molar-refractivity contribution in [3.8, 4) is 17.0 Å². The minimum atomic E-state index is -3.49. The van der Waals surface area contributed by atoms with Crippen molar-refractivity contribution >= 4 is 27.3 Å². The van der Waals surface area contributed by atoms with Crippen molar-refractivity contribution in [3.63, 3.8) is 0 Å². The second kappa shape index (κ2) is 6.93. The highest BCUT2D eigenvalue weighted by molar-refractivity contribution is 7.92. The number of carbonyl (C=O) groups excluding carboxylic acids is 1.